The van der Waals surface area contributed by atoms with E-state index in [0.29, 0.717) is 46.7 Å². The Hall–Kier alpha value is -5.90. The number of alkyl carbamates (subject to hydrolysis) is 1. The summed E-state index contributed by atoms with van der Waals surface area (Å²) in [6, 6.07) is 28.9. The van der Waals surface area contributed by atoms with Gasteiger partial charge in [-0.15, -0.1) is 0 Å². The predicted molar refractivity (Wildman–Crippen MR) is 196 cm³/mol. The third kappa shape index (κ3) is 7.42. The van der Waals surface area contributed by atoms with Gasteiger partial charge in [0.2, 0.25) is 5.88 Å². The van der Waals surface area contributed by atoms with Gasteiger partial charge < -0.3 is 29.2 Å². The van der Waals surface area contributed by atoms with E-state index in [9.17, 15) is 19.1 Å². The molecule has 2 atom stereocenters. The Labute approximate surface area is 301 Å². The van der Waals surface area contributed by atoms with Crippen molar-refractivity contribution in [1.82, 2.24) is 14.9 Å². The third-order valence-electron chi connectivity index (χ3n) is 9.19. The summed E-state index contributed by atoms with van der Waals surface area (Å²) in [6.07, 6.45) is 3.76. The molecule has 0 bridgehead atoms. The highest BCUT2D eigenvalue weighted by Gasteiger charge is 2.35. The second kappa shape index (κ2) is 14.4. The summed E-state index contributed by atoms with van der Waals surface area (Å²) in [5.74, 6) is -0.860. The Kier molecular flexibility index (Phi) is 9.55. The van der Waals surface area contributed by atoms with Crippen LogP contribution in [0.1, 0.15) is 62.8 Å². The first-order valence-electron chi connectivity index (χ1n) is 17.4. The molecule has 6 aromatic rings. The molecule has 2 unspecified atom stereocenters. The van der Waals surface area contributed by atoms with Gasteiger partial charge in [0, 0.05) is 23.8 Å². The van der Waals surface area contributed by atoms with E-state index in [1.807, 2.05) is 66.7 Å². The monoisotopic (exact) mass is 701 g/mol. The molecule has 1 aliphatic rings. The molecule has 52 heavy (non-hydrogen) atoms. The standard InChI is InChI=1S/C42H40FN3O6/c1-42(2,3)52-41(49)45-31-21-18-29(23-31)40(48)51-37-32-15-10-22-44-35(32)38(50-36(27-11-6-4-7-12-27)28-13-8-5-9-14-28)34-33(37)25-46(39(34)47)24-26-16-19-30(43)20-17-26/h4-17,19-20,22,25,29,31,36,47H,18,21,23-24H2,1-3H3,(H,45,49). The molecule has 1 amide bonds. The minimum atomic E-state index is -0.641. The summed E-state index contributed by atoms with van der Waals surface area (Å²) in [5.41, 5.74) is 2.30. The zero-order valence-electron chi connectivity index (χ0n) is 29.2. The summed E-state index contributed by atoms with van der Waals surface area (Å²) < 4.78 is 34.0. The lowest BCUT2D eigenvalue weighted by atomic mass is 10.0. The van der Waals surface area contributed by atoms with Gasteiger partial charge in [0.25, 0.3) is 0 Å². The first kappa shape index (κ1) is 34.5. The zero-order valence-corrected chi connectivity index (χ0v) is 29.2. The number of benzene rings is 4. The van der Waals surface area contributed by atoms with Crippen molar-refractivity contribution in [2.24, 2.45) is 5.92 Å². The van der Waals surface area contributed by atoms with Crippen LogP contribution in [0.3, 0.4) is 0 Å². The number of halogens is 1. The fourth-order valence-electron chi connectivity index (χ4n) is 6.79. The van der Waals surface area contributed by atoms with E-state index < -0.39 is 29.7 Å². The van der Waals surface area contributed by atoms with Gasteiger partial charge in [-0.2, -0.15) is 0 Å². The van der Waals surface area contributed by atoms with E-state index in [1.54, 1.807) is 55.9 Å². The lowest BCUT2D eigenvalue weighted by Crippen LogP contribution is -2.38. The van der Waals surface area contributed by atoms with Crippen LogP contribution in [0.5, 0.6) is 17.4 Å². The van der Waals surface area contributed by atoms with Crippen molar-refractivity contribution in [2.45, 2.75) is 64.3 Å². The molecule has 0 aliphatic heterocycles. The van der Waals surface area contributed by atoms with Crippen LogP contribution in [0.2, 0.25) is 0 Å². The van der Waals surface area contributed by atoms with Crippen LogP contribution in [0.25, 0.3) is 21.7 Å². The van der Waals surface area contributed by atoms with Crippen LogP contribution >= 0.6 is 0 Å². The molecule has 2 heterocycles. The van der Waals surface area contributed by atoms with Gasteiger partial charge in [0.05, 0.1) is 23.2 Å². The number of hydrogen-bond acceptors (Lipinski definition) is 7. The minimum absolute atomic E-state index is 0.124. The molecule has 7 rings (SSSR count). The van der Waals surface area contributed by atoms with E-state index in [0.717, 1.165) is 16.7 Å². The fraction of sp³-hybridized carbons (Fsp3) is 0.262. The minimum Gasteiger partial charge on any atom is -0.494 e. The number of nitrogens with zero attached hydrogens (tertiary/aromatic N) is 2. The summed E-state index contributed by atoms with van der Waals surface area (Å²) in [7, 11) is 0. The van der Waals surface area contributed by atoms with Crippen molar-refractivity contribution >= 4 is 33.7 Å². The molecule has 1 fully saturated rings. The van der Waals surface area contributed by atoms with Crippen molar-refractivity contribution in [3.05, 3.63) is 132 Å². The van der Waals surface area contributed by atoms with Crippen LogP contribution in [0.15, 0.2) is 109 Å². The molecule has 1 saturated carbocycles. The van der Waals surface area contributed by atoms with E-state index in [2.05, 4.69) is 5.32 Å². The maximum Gasteiger partial charge on any atom is 0.407 e. The molecular formula is C42H40FN3O6. The summed E-state index contributed by atoms with van der Waals surface area (Å²) in [4.78, 5) is 31.0. The number of aromatic nitrogens is 2. The highest BCUT2D eigenvalue weighted by molar-refractivity contribution is 6.12. The maximum atomic E-state index is 13.9. The smallest absolute Gasteiger partial charge is 0.407 e. The second-order valence-corrected chi connectivity index (χ2v) is 14.1. The number of aromatic hydroxyl groups is 1. The van der Waals surface area contributed by atoms with Gasteiger partial charge in [-0.25, -0.2) is 9.18 Å². The van der Waals surface area contributed by atoms with E-state index in [-0.39, 0.29) is 30.0 Å². The number of fused-ring (bicyclic) bond motifs is 2. The predicted octanol–water partition coefficient (Wildman–Crippen LogP) is 8.85. The SMILES string of the molecule is CC(C)(C)OC(=O)NC1CCC(C(=O)Oc2c3cccnc3c(OC(c3ccccc3)c3ccccc3)c3c(O)n(Cc4ccc(F)cc4)cc23)C1. The molecule has 1 aliphatic carbocycles. The van der Waals surface area contributed by atoms with Gasteiger partial charge in [-0.3, -0.25) is 9.78 Å². The maximum absolute atomic E-state index is 13.9. The Bertz CT molecular complexity index is 2180. The van der Waals surface area contributed by atoms with Gasteiger partial charge in [-0.05, 0) is 81.0 Å². The number of carbonyl (C=O) groups excluding carboxylic acids is 2. The number of pyridine rings is 1. The van der Waals surface area contributed by atoms with Gasteiger partial charge in [0.1, 0.15) is 28.8 Å². The topological polar surface area (TPSA) is 112 Å². The number of rotatable bonds is 9. The zero-order chi connectivity index (χ0) is 36.4. The van der Waals surface area contributed by atoms with Gasteiger partial charge >= 0.3 is 12.1 Å². The molecule has 9 nitrogen and oxygen atoms in total. The van der Waals surface area contributed by atoms with Crippen molar-refractivity contribution in [1.29, 1.82) is 0 Å². The van der Waals surface area contributed by atoms with E-state index >= 15 is 0 Å². The summed E-state index contributed by atoms with van der Waals surface area (Å²) in [6.45, 7) is 5.60. The number of hydrogen-bond donors (Lipinski definition) is 2. The first-order chi connectivity index (χ1) is 25.0. The van der Waals surface area contributed by atoms with Gasteiger partial charge in [-0.1, -0.05) is 72.8 Å². The largest absolute Gasteiger partial charge is 0.494 e. The lowest BCUT2D eigenvalue weighted by molar-refractivity contribution is -0.138. The normalized spacial score (nSPS) is 15.9. The molecule has 266 valence electrons. The fourth-order valence-corrected chi connectivity index (χ4v) is 6.79. The number of esters is 1. The second-order valence-electron chi connectivity index (χ2n) is 14.1. The van der Waals surface area contributed by atoms with Crippen molar-refractivity contribution in [2.75, 3.05) is 0 Å². The van der Waals surface area contributed by atoms with Crippen LogP contribution < -0.4 is 14.8 Å². The van der Waals surface area contributed by atoms with Crippen LogP contribution in [-0.2, 0) is 16.1 Å². The van der Waals surface area contributed by atoms with Crippen molar-refractivity contribution < 1.29 is 33.3 Å². The molecule has 0 spiro atoms. The number of carbonyl (C=O) groups is 2. The van der Waals surface area contributed by atoms with Crippen LogP contribution in [0.4, 0.5) is 9.18 Å². The molecule has 2 N–H and O–H groups in total. The summed E-state index contributed by atoms with van der Waals surface area (Å²) >= 11 is 0. The van der Waals surface area contributed by atoms with E-state index in [4.69, 9.17) is 19.2 Å². The van der Waals surface area contributed by atoms with Crippen LogP contribution in [-0.4, -0.2) is 38.4 Å². The first-order valence-corrected chi connectivity index (χ1v) is 17.4. The quantitative estimate of drug-likeness (QED) is 0.114. The van der Waals surface area contributed by atoms with E-state index in [1.165, 1.54) is 12.1 Å². The number of ether oxygens (including phenoxy) is 3. The third-order valence-corrected chi connectivity index (χ3v) is 9.19. The molecule has 2 aromatic heterocycles. The van der Waals surface area contributed by atoms with Crippen molar-refractivity contribution in [3.8, 4) is 17.4 Å². The highest BCUT2D eigenvalue weighted by Crippen LogP contribution is 2.49. The molecule has 0 radical (unpaired) electrons. The van der Waals surface area contributed by atoms with Crippen molar-refractivity contribution in [3.63, 3.8) is 0 Å². The van der Waals surface area contributed by atoms with Gasteiger partial charge in [0.15, 0.2) is 5.75 Å². The Morgan fingerprint density at radius 2 is 1.58 bits per heavy atom. The average Bonchev–Trinajstić information content (AvgIpc) is 3.73. The lowest BCUT2D eigenvalue weighted by Gasteiger charge is -2.23. The Balaban J connectivity index is 1.31. The molecular weight excluding hydrogens is 661 g/mol. The molecule has 10 heteroatoms. The van der Waals surface area contributed by atoms with Crippen LogP contribution in [0, 0.1) is 11.7 Å². The molecule has 0 saturated heterocycles. The Morgan fingerprint density at radius 1 is 0.904 bits per heavy atom. The highest BCUT2D eigenvalue weighted by atomic mass is 19.1. The molecule has 4 aromatic carbocycles. The Morgan fingerprint density at radius 3 is 2.23 bits per heavy atom. The number of amides is 1. The summed E-state index contributed by atoms with van der Waals surface area (Å²) in [5, 5.41) is 16.1. The average molecular weight is 702 g/mol. The number of nitrogens with one attached hydrogen (secondary N) is 1.